The molecule has 20 heavy (non-hydrogen) atoms. The Morgan fingerprint density at radius 1 is 1.00 bits per heavy atom. The molecule has 0 nitrogen and oxygen atoms in total. The maximum atomic E-state index is 3.38. The summed E-state index contributed by atoms with van der Waals surface area (Å²) < 4.78 is 4.79. The van der Waals surface area contributed by atoms with Crippen molar-refractivity contribution >= 4 is 0 Å². The van der Waals surface area contributed by atoms with Crippen LogP contribution < -0.4 is 21.2 Å². The van der Waals surface area contributed by atoms with Gasteiger partial charge in [-0.15, -0.1) is 0 Å². The largest absolute Gasteiger partial charge is 0.419 e. The molecule has 0 aliphatic rings. The van der Waals surface area contributed by atoms with E-state index in [4.69, 9.17) is 0 Å². The van der Waals surface area contributed by atoms with Crippen LogP contribution in [-0.4, -0.2) is 0 Å². The number of halogens is 1. The molecule has 0 bridgehead atoms. The molecule has 0 aromatic heterocycles. The van der Waals surface area contributed by atoms with Crippen molar-refractivity contribution in [2.75, 3.05) is 0 Å². The van der Waals surface area contributed by atoms with E-state index in [0.717, 1.165) is 12.8 Å². The van der Waals surface area contributed by atoms with Gasteiger partial charge < -0.3 is 0 Å². The third-order valence-corrected chi connectivity index (χ3v) is 5.30. The van der Waals surface area contributed by atoms with E-state index in [1.807, 2.05) is 0 Å². The summed E-state index contributed by atoms with van der Waals surface area (Å²) in [5.41, 5.74) is 2.75. The van der Waals surface area contributed by atoms with Gasteiger partial charge in [0.2, 0.25) is 3.57 Å². The molecule has 2 rings (SSSR count). The van der Waals surface area contributed by atoms with Gasteiger partial charge in [0.05, 0.1) is 0 Å². The molecule has 0 radical (unpaired) electrons. The van der Waals surface area contributed by atoms with E-state index in [2.05, 4.69) is 78.3 Å². The van der Waals surface area contributed by atoms with E-state index in [-0.39, 0.29) is 21.2 Å². The van der Waals surface area contributed by atoms with Crippen molar-refractivity contribution in [3.05, 3.63) is 69.3 Å². The maximum Gasteiger partial charge on any atom is 0.419 e. The zero-order chi connectivity index (χ0) is 14.2. The zero-order valence-electron chi connectivity index (χ0n) is 12.1. The summed E-state index contributed by atoms with van der Waals surface area (Å²) in [7, 11) is 0. The third kappa shape index (κ3) is 5.02. The second-order valence-electron chi connectivity index (χ2n) is 5.01. The maximum absolute atomic E-state index is 3.38. The summed E-state index contributed by atoms with van der Waals surface area (Å²) in [5.74, 6) is 3.94. The van der Waals surface area contributed by atoms with Crippen molar-refractivity contribution in [2.24, 2.45) is 0 Å². The number of aryl methyl sites for hydroxylation is 1. The molecule has 0 fully saturated rings. The summed E-state index contributed by atoms with van der Waals surface area (Å²) in [6.45, 7) is 4.42. The van der Waals surface area contributed by atoms with Gasteiger partial charge in [0.15, 0.2) is 3.93 Å². The van der Waals surface area contributed by atoms with Crippen molar-refractivity contribution in [3.8, 4) is 9.85 Å². The average Bonchev–Trinajstić information content (AvgIpc) is 2.48. The van der Waals surface area contributed by atoms with Crippen LogP contribution in [0.15, 0.2) is 54.6 Å². The van der Waals surface area contributed by atoms with Crippen LogP contribution in [0.25, 0.3) is 0 Å². The Bertz CT molecular complexity index is 573. The molecule has 0 aliphatic carbocycles. The first-order valence-corrected chi connectivity index (χ1v) is 9.15. The van der Waals surface area contributed by atoms with Gasteiger partial charge in [0, 0.05) is 6.42 Å². The predicted octanol–water partition coefficient (Wildman–Crippen LogP) is 1.80. The molecular formula is C19H20I+. The van der Waals surface area contributed by atoms with Crippen LogP contribution in [0.5, 0.6) is 0 Å². The van der Waals surface area contributed by atoms with Gasteiger partial charge in [-0.1, -0.05) is 55.0 Å². The quantitative estimate of drug-likeness (QED) is 0.565. The number of rotatable bonds is 4. The van der Waals surface area contributed by atoms with Crippen molar-refractivity contribution in [3.63, 3.8) is 0 Å². The summed E-state index contributed by atoms with van der Waals surface area (Å²) in [6.07, 6.45) is 2.15. The zero-order valence-corrected chi connectivity index (χ0v) is 14.2. The lowest BCUT2D eigenvalue weighted by molar-refractivity contribution is -0.535. The lowest BCUT2D eigenvalue weighted by Gasteiger charge is -2.09. The molecule has 0 spiro atoms. The first kappa shape index (κ1) is 15.1. The second-order valence-corrected chi connectivity index (χ2v) is 7.34. The Morgan fingerprint density at radius 3 is 2.40 bits per heavy atom. The molecule has 0 saturated heterocycles. The van der Waals surface area contributed by atoms with Gasteiger partial charge in [0.25, 0.3) is 0 Å². The summed E-state index contributed by atoms with van der Waals surface area (Å²) in [5, 5.41) is 0. The highest BCUT2D eigenvalue weighted by atomic mass is 127. The van der Waals surface area contributed by atoms with Gasteiger partial charge in [-0.05, 0) is 42.9 Å². The average molecular weight is 375 g/mol. The monoisotopic (exact) mass is 375 g/mol. The Morgan fingerprint density at radius 2 is 1.70 bits per heavy atom. The third-order valence-electron chi connectivity index (χ3n) is 3.31. The highest BCUT2D eigenvalue weighted by Crippen LogP contribution is 2.20. The Labute approximate surface area is 132 Å². The Balaban J connectivity index is 1.77. The summed E-state index contributed by atoms with van der Waals surface area (Å²) in [6, 6.07) is 19.5. The topological polar surface area (TPSA) is 0 Å². The fraction of sp³-hybridized carbons (Fsp3) is 0.263. The van der Waals surface area contributed by atoms with Crippen molar-refractivity contribution in [1.29, 1.82) is 0 Å². The minimum Gasteiger partial charge on any atom is -0.0619 e. The van der Waals surface area contributed by atoms with Crippen molar-refractivity contribution < 1.29 is 21.2 Å². The molecule has 0 aliphatic heterocycles. The Hall–Kier alpha value is -1.27. The molecule has 0 unspecified atom stereocenters. The fourth-order valence-corrected chi connectivity index (χ4v) is 3.51. The van der Waals surface area contributed by atoms with Gasteiger partial charge in [-0.3, -0.25) is 0 Å². The highest BCUT2D eigenvalue weighted by molar-refractivity contribution is 5.24. The predicted molar refractivity (Wildman–Crippen MR) is 81.7 cm³/mol. The normalized spacial score (nSPS) is 11.5. The van der Waals surface area contributed by atoms with Crippen molar-refractivity contribution in [1.82, 2.24) is 0 Å². The van der Waals surface area contributed by atoms with E-state index in [1.54, 1.807) is 0 Å². The van der Waals surface area contributed by atoms with E-state index in [1.165, 1.54) is 14.7 Å². The van der Waals surface area contributed by atoms with Gasteiger partial charge >= 0.3 is 21.2 Å². The SMILES string of the molecule is Cc1ccc([C@H](C)CCC#C[I+]c2ccccc2)cc1. The molecule has 0 saturated carbocycles. The summed E-state index contributed by atoms with van der Waals surface area (Å²) in [4.78, 5) is 0. The van der Waals surface area contributed by atoms with E-state index in [0.29, 0.717) is 5.92 Å². The minimum atomic E-state index is -0.126. The van der Waals surface area contributed by atoms with Gasteiger partial charge in [-0.2, -0.15) is 0 Å². The molecule has 1 heteroatoms. The molecule has 102 valence electrons. The van der Waals surface area contributed by atoms with Crippen LogP contribution in [-0.2, 0) is 0 Å². The number of hydrogen-bond donors (Lipinski definition) is 0. The van der Waals surface area contributed by atoms with Crippen molar-refractivity contribution in [2.45, 2.75) is 32.6 Å². The van der Waals surface area contributed by atoms with Gasteiger partial charge in [0.1, 0.15) is 0 Å². The first-order valence-electron chi connectivity index (χ1n) is 6.99. The van der Waals surface area contributed by atoms with E-state index in [9.17, 15) is 0 Å². The molecule has 1 atom stereocenters. The molecule has 0 heterocycles. The molecule has 0 amide bonds. The highest BCUT2D eigenvalue weighted by Gasteiger charge is 2.07. The van der Waals surface area contributed by atoms with E-state index < -0.39 is 0 Å². The van der Waals surface area contributed by atoms with Gasteiger partial charge in [-0.25, -0.2) is 0 Å². The minimum absolute atomic E-state index is 0.126. The molecule has 0 N–H and O–H groups in total. The summed E-state index contributed by atoms with van der Waals surface area (Å²) >= 11 is -0.126. The van der Waals surface area contributed by atoms with Crippen LogP contribution in [0.4, 0.5) is 0 Å². The number of hydrogen-bond acceptors (Lipinski definition) is 0. The standard InChI is InChI=1S/C19H20I/c1-16-11-13-18(14-12-16)17(2)8-6-7-15-20-19-9-4-3-5-10-19/h3-5,9-14,17H,6,8H2,1-2H3/q+1/t17-/m1/s1. The second kappa shape index (κ2) is 8.11. The Kier molecular flexibility index (Phi) is 6.14. The van der Waals surface area contributed by atoms with Crippen LogP contribution in [0.3, 0.4) is 0 Å². The molecular weight excluding hydrogens is 355 g/mol. The molecule has 2 aromatic carbocycles. The van der Waals surface area contributed by atoms with Crippen LogP contribution in [0.2, 0.25) is 0 Å². The van der Waals surface area contributed by atoms with Crippen LogP contribution >= 0.6 is 0 Å². The fourth-order valence-electron chi connectivity index (χ4n) is 1.96. The first-order chi connectivity index (χ1) is 9.75. The smallest absolute Gasteiger partial charge is 0.0619 e. The van der Waals surface area contributed by atoms with E-state index >= 15 is 0 Å². The number of benzene rings is 2. The lowest BCUT2D eigenvalue weighted by Crippen LogP contribution is -3.59. The van der Waals surface area contributed by atoms with Crippen LogP contribution in [0.1, 0.15) is 36.8 Å². The molecule has 2 aromatic rings. The lowest BCUT2D eigenvalue weighted by atomic mass is 9.96. The van der Waals surface area contributed by atoms with Crippen LogP contribution in [0, 0.1) is 20.3 Å².